The van der Waals surface area contributed by atoms with Gasteiger partial charge < -0.3 is 20.2 Å². The number of carbonyl (C=O) groups is 2. The second-order valence-corrected chi connectivity index (χ2v) is 5.16. The van der Waals surface area contributed by atoms with Gasteiger partial charge in [-0.2, -0.15) is 0 Å². The zero-order chi connectivity index (χ0) is 15.9. The highest BCUT2D eigenvalue weighted by atomic mass is 16.3. The lowest BCUT2D eigenvalue weighted by Crippen LogP contribution is -2.51. The Hall–Kier alpha value is -2.28. The van der Waals surface area contributed by atoms with Gasteiger partial charge in [0.15, 0.2) is 0 Å². The molecule has 0 saturated carbocycles. The predicted octanol–water partition coefficient (Wildman–Crippen LogP) is -0.624. The standard InChI is InChI=1S/C15H22N4O3/c1-16-14(21)10-17-11-15(22)19-8-6-18(7-9-19)12-2-4-13(20)5-3-12/h2-5,17,20H,6-11H2,1H3,(H,16,21). The summed E-state index contributed by atoms with van der Waals surface area (Å²) in [5, 5.41) is 14.6. The minimum atomic E-state index is -0.134. The number of hydrogen-bond acceptors (Lipinski definition) is 5. The average Bonchev–Trinajstić information content (AvgIpc) is 2.55. The number of carbonyl (C=O) groups excluding carboxylic acids is 2. The lowest BCUT2D eigenvalue weighted by Gasteiger charge is -2.36. The van der Waals surface area contributed by atoms with Gasteiger partial charge in [-0.1, -0.05) is 0 Å². The summed E-state index contributed by atoms with van der Waals surface area (Å²) >= 11 is 0. The zero-order valence-corrected chi connectivity index (χ0v) is 12.7. The minimum Gasteiger partial charge on any atom is -0.508 e. The van der Waals surface area contributed by atoms with Gasteiger partial charge in [0.1, 0.15) is 5.75 Å². The quantitative estimate of drug-likeness (QED) is 0.675. The van der Waals surface area contributed by atoms with E-state index in [9.17, 15) is 14.7 Å². The Morgan fingerprint density at radius 2 is 1.73 bits per heavy atom. The van der Waals surface area contributed by atoms with Gasteiger partial charge in [0.25, 0.3) is 0 Å². The van der Waals surface area contributed by atoms with Gasteiger partial charge >= 0.3 is 0 Å². The Morgan fingerprint density at radius 1 is 1.09 bits per heavy atom. The van der Waals surface area contributed by atoms with Crippen LogP contribution in [0.3, 0.4) is 0 Å². The summed E-state index contributed by atoms with van der Waals surface area (Å²) in [7, 11) is 1.56. The van der Waals surface area contributed by atoms with Crippen LogP contribution in [0.15, 0.2) is 24.3 Å². The Kier molecular flexibility index (Phi) is 5.60. The monoisotopic (exact) mass is 306 g/mol. The van der Waals surface area contributed by atoms with Gasteiger partial charge in [0, 0.05) is 38.9 Å². The fourth-order valence-corrected chi connectivity index (χ4v) is 2.36. The molecule has 1 heterocycles. The van der Waals surface area contributed by atoms with Crippen LogP contribution in [0.5, 0.6) is 5.75 Å². The number of nitrogens with zero attached hydrogens (tertiary/aromatic N) is 2. The highest BCUT2D eigenvalue weighted by Gasteiger charge is 2.21. The molecule has 0 radical (unpaired) electrons. The van der Waals surface area contributed by atoms with Crippen molar-refractivity contribution in [3.63, 3.8) is 0 Å². The van der Waals surface area contributed by atoms with Crippen molar-refractivity contribution in [2.24, 2.45) is 0 Å². The first-order chi connectivity index (χ1) is 10.6. The summed E-state index contributed by atoms with van der Waals surface area (Å²) in [5.41, 5.74) is 1.04. The van der Waals surface area contributed by atoms with Gasteiger partial charge in [0.05, 0.1) is 13.1 Å². The van der Waals surface area contributed by atoms with E-state index in [2.05, 4.69) is 15.5 Å². The molecule has 0 atom stereocenters. The summed E-state index contributed by atoms with van der Waals surface area (Å²) in [6.45, 7) is 3.14. The van der Waals surface area contributed by atoms with Gasteiger partial charge in [0.2, 0.25) is 11.8 Å². The highest BCUT2D eigenvalue weighted by Crippen LogP contribution is 2.19. The van der Waals surface area contributed by atoms with E-state index in [-0.39, 0.29) is 30.7 Å². The van der Waals surface area contributed by atoms with E-state index in [0.717, 1.165) is 18.8 Å². The van der Waals surface area contributed by atoms with Gasteiger partial charge in [-0.15, -0.1) is 0 Å². The topological polar surface area (TPSA) is 84.9 Å². The Balaban J connectivity index is 1.75. The van der Waals surface area contributed by atoms with Crippen molar-refractivity contribution in [1.82, 2.24) is 15.5 Å². The fraction of sp³-hybridized carbons (Fsp3) is 0.467. The third-order valence-electron chi connectivity index (χ3n) is 3.69. The predicted molar refractivity (Wildman–Crippen MR) is 83.8 cm³/mol. The van der Waals surface area contributed by atoms with Crippen molar-refractivity contribution in [2.75, 3.05) is 51.2 Å². The first-order valence-electron chi connectivity index (χ1n) is 7.33. The van der Waals surface area contributed by atoms with Crippen LogP contribution in [0.1, 0.15) is 0 Å². The van der Waals surface area contributed by atoms with E-state index in [1.165, 1.54) is 0 Å². The maximum absolute atomic E-state index is 12.0. The molecule has 1 aliphatic heterocycles. The molecule has 0 bridgehead atoms. The first-order valence-corrected chi connectivity index (χ1v) is 7.33. The molecule has 22 heavy (non-hydrogen) atoms. The minimum absolute atomic E-state index is 0.00857. The molecule has 7 heteroatoms. The molecule has 1 fully saturated rings. The first kappa shape index (κ1) is 16.1. The van der Waals surface area contributed by atoms with Crippen molar-refractivity contribution in [2.45, 2.75) is 0 Å². The normalized spacial score (nSPS) is 14.8. The van der Waals surface area contributed by atoms with Crippen molar-refractivity contribution in [3.8, 4) is 5.75 Å². The number of rotatable bonds is 5. The lowest BCUT2D eigenvalue weighted by atomic mass is 10.2. The van der Waals surface area contributed by atoms with E-state index in [1.54, 1.807) is 24.1 Å². The molecule has 1 aromatic rings. The van der Waals surface area contributed by atoms with Crippen LogP contribution < -0.4 is 15.5 Å². The van der Waals surface area contributed by atoms with Crippen molar-refractivity contribution >= 4 is 17.5 Å². The maximum Gasteiger partial charge on any atom is 0.236 e. The highest BCUT2D eigenvalue weighted by molar-refractivity contribution is 5.81. The number of amides is 2. The van der Waals surface area contributed by atoms with Gasteiger partial charge in [-0.05, 0) is 24.3 Å². The largest absolute Gasteiger partial charge is 0.508 e. The molecular formula is C15H22N4O3. The summed E-state index contributed by atoms with van der Waals surface area (Å²) in [6, 6.07) is 7.07. The smallest absolute Gasteiger partial charge is 0.236 e. The number of anilines is 1. The molecule has 0 aliphatic carbocycles. The molecule has 120 valence electrons. The maximum atomic E-state index is 12.0. The molecule has 7 nitrogen and oxygen atoms in total. The number of likely N-dealkylation sites (N-methyl/N-ethyl adjacent to an activating group) is 1. The fourth-order valence-electron chi connectivity index (χ4n) is 2.36. The summed E-state index contributed by atoms with van der Waals surface area (Å²) in [6.07, 6.45) is 0. The number of piperazine rings is 1. The molecule has 0 spiro atoms. The molecule has 3 N–H and O–H groups in total. The number of benzene rings is 1. The van der Waals surface area contributed by atoms with Crippen LogP contribution >= 0.6 is 0 Å². The van der Waals surface area contributed by atoms with Crippen LogP contribution in [0.25, 0.3) is 0 Å². The van der Waals surface area contributed by atoms with Crippen LogP contribution in [0, 0.1) is 0 Å². The van der Waals surface area contributed by atoms with E-state index in [0.29, 0.717) is 13.1 Å². The van der Waals surface area contributed by atoms with Crippen LogP contribution in [-0.2, 0) is 9.59 Å². The van der Waals surface area contributed by atoms with E-state index in [4.69, 9.17) is 0 Å². The number of hydrogen-bond donors (Lipinski definition) is 3. The Morgan fingerprint density at radius 3 is 2.32 bits per heavy atom. The SMILES string of the molecule is CNC(=O)CNCC(=O)N1CCN(c2ccc(O)cc2)CC1. The number of nitrogens with one attached hydrogen (secondary N) is 2. The van der Waals surface area contributed by atoms with Crippen molar-refractivity contribution < 1.29 is 14.7 Å². The molecule has 1 aromatic carbocycles. The second kappa shape index (κ2) is 7.65. The summed E-state index contributed by atoms with van der Waals surface area (Å²) in [5.74, 6) is 0.124. The van der Waals surface area contributed by atoms with E-state index >= 15 is 0 Å². The van der Waals surface area contributed by atoms with Crippen molar-refractivity contribution in [1.29, 1.82) is 0 Å². The Labute approximate surface area is 129 Å². The summed E-state index contributed by atoms with van der Waals surface area (Å²) < 4.78 is 0. The van der Waals surface area contributed by atoms with Crippen molar-refractivity contribution in [3.05, 3.63) is 24.3 Å². The third-order valence-corrected chi connectivity index (χ3v) is 3.69. The van der Waals surface area contributed by atoms with Gasteiger partial charge in [-0.25, -0.2) is 0 Å². The van der Waals surface area contributed by atoms with E-state index < -0.39 is 0 Å². The number of phenols is 1. The van der Waals surface area contributed by atoms with Gasteiger partial charge in [-0.3, -0.25) is 14.9 Å². The average molecular weight is 306 g/mol. The Bertz CT molecular complexity index is 510. The molecule has 2 amide bonds. The molecular weight excluding hydrogens is 284 g/mol. The van der Waals surface area contributed by atoms with E-state index in [1.807, 2.05) is 12.1 Å². The zero-order valence-electron chi connectivity index (χ0n) is 12.7. The molecule has 0 unspecified atom stereocenters. The summed E-state index contributed by atoms with van der Waals surface area (Å²) in [4.78, 5) is 27.1. The van der Waals surface area contributed by atoms with Crippen LogP contribution in [-0.4, -0.2) is 68.1 Å². The molecule has 1 saturated heterocycles. The second-order valence-electron chi connectivity index (χ2n) is 5.16. The van der Waals surface area contributed by atoms with Crippen LogP contribution in [0.2, 0.25) is 0 Å². The molecule has 0 aromatic heterocycles. The molecule has 2 rings (SSSR count). The lowest BCUT2D eigenvalue weighted by molar-refractivity contribution is -0.130. The van der Waals surface area contributed by atoms with Crippen LogP contribution in [0.4, 0.5) is 5.69 Å². The third kappa shape index (κ3) is 4.36. The number of aromatic hydroxyl groups is 1. The molecule has 1 aliphatic rings. The number of phenolic OH excluding ortho intramolecular Hbond substituents is 1.